The first-order valence-corrected chi connectivity index (χ1v) is 6.97. The Kier molecular flexibility index (Phi) is 4.27. The first kappa shape index (κ1) is 14.1. The highest BCUT2D eigenvalue weighted by atomic mass is 79.9. The van der Waals surface area contributed by atoms with E-state index in [2.05, 4.69) is 31.2 Å². The molecule has 0 aliphatic heterocycles. The highest BCUT2D eigenvalue weighted by Gasteiger charge is 2.11. The third kappa shape index (κ3) is 2.98. The van der Waals surface area contributed by atoms with Crippen molar-refractivity contribution in [2.24, 2.45) is 0 Å². The first-order valence-electron chi connectivity index (χ1n) is 5.79. The number of halogens is 2. The predicted octanol–water partition coefficient (Wildman–Crippen LogP) is 4.01. The van der Waals surface area contributed by atoms with E-state index < -0.39 is 0 Å². The summed E-state index contributed by atoms with van der Waals surface area (Å²) >= 11 is 9.37. The molecule has 0 bridgehead atoms. The molecule has 2 aromatic rings. The van der Waals surface area contributed by atoms with Crippen molar-refractivity contribution < 1.29 is 5.11 Å². The molecule has 0 atom stereocenters. The summed E-state index contributed by atoms with van der Waals surface area (Å²) in [6, 6.07) is 4.92. The van der Waals surface area contributed by atoms with E-state index in [-0.39, 0.29) is 10.8 Å². The van der Waals surface area contributed by atoms with E-state index >= 15 is 0 Å². The van der Waals surface area contributed by atoms with Crippen LogP contribution in [0.5, 0.6) is 5.75 Å². The summed E-state index contributed by atoms with van der Waals surface area (Å²) in [5.41, 5.74) is 1.60. The molecule has 0 radical (unpaired) electrons. The van der Waals surface area contributed by atoms with Crippen LogP contribution in [0.1, 0.15) is 12.6 Å². The lowest BCUT2D eigenvalue weighted by molar-refractivity contribution is 0.475. The van der Waals surface area contributed by atoms with Crippen LogP contribution < -0.4 is 5.32 Å². The lowest BCUT2D eigenvalue weighted by Crippen LogP contribution is -2.04. The average molecular weight is 343 g/mol. The van der Waals surface area contributed by atoms with Gasteiger partial charge in [-0.15, -0.1) is 0 Å². The number of aromatic hydroxyl groups is 1. The highest BCUT2D eigenvalue weighted by molar-refractivity contribution is 9.10. The number of benzene rings is 1. The summed E-state index contributed by atoms with van der Waals surface area (Å²) in [6.45, 7) is 4.67. The Morgan fingerprint density at radius 2 is 2.11 bits per heavy atom. The van der Waals surface area contributed by atoms with Crippen LogP contribution in [0.2, 0.25) is 5.02 Å². The number of nitrogens with zero attached hydrogens (tertiary/aromatic N) is 2. The standard InChI is InChI=1S/C13H13BrClN3O/c1-3-16-13-11(14)7(2)17-12(18-13)8-4-5-10(19)9(15)6-8/h4-6,19H,3H2,1-2H3,(H,16,17,18). The number of rotatable bonds is 3. The number of hydrogen-bond donors (Lipinski definition) is 2. The van der Waals surface area contributed by atoms with E-state index in [1.54, 1.807) is 12.1 Å². The van der Waals surface area contributed by atoms with Crippen molar-refractivity contribution in [1.29, 1.82) is 0 Å². The van der Waals surface area contributed by atoms with E-state index in [4.69, 9.17) is 11.6 Å². The molecule has 6 heteroatoms. The maximum atomic E-state index is 9.44. The van der Waals surface area contributed by atoms with Gasteiger partial charge in [-0.05, 0) is 48.0 Å². The topological polar surface area (TPSA) is 58.0 Å². The summed E-state index contributed by atoms with van der Waals surface area (Å²) in [5.74, 6) is 1.36. The van der Waals surface area contributed by atoms with Gasteiger partial charge >= 0.3 is 0 Å². The lowest BCUT2D eigenvalue weighted by atomic mass is 10.2. The van der Waals surface area contributed by atoms with Gasteiger partial charge in [0.1, 0.15) is 11.6 Å². The molecule has 2 N–H and O–H groups in total. The number of aryl methyl sites for hydroxylation is 1. The van der Waals surface area contributed by atoms with Gasteiger partial charge in [0.25, 0.3) is 0 Å². The Labute approximate surface area is 125 Å². The molecule has 0 aliphatic rings. The molecule has 0 spiro atoms. The number of phenolic OH excluding ortho intramolecular Hbond substituents is 1. The molecular formula is C13H13BrClN3O. The van der Waals surface area contributed by atoms with E-state index in [0.29, 0.717) is 5.82 Å². The van der Waals surface area contributed by atoms with Gasteiger partial charge in [-0.2, -0.15) is 0 Å². The van der Waals surface area contributed by atoms with Crippen LogP contribution in [0.15, 0.2) is 22.7 Å². The summed E-state index contributed by atoms with van der Waals surface area (Å²) in [4.78, 5) is 8.87. The van der Waals surface area contributed by atoms with Gasteiger partial charge < -0.3 is 10.4 Å². The van der Waals surface area contributed by atoms with Crippen molar-refractivity contribution in [3.05, 3.63) is 33.4 Å². The molecule has 4 nitrogen and oxygen atoms in total. The van der Waals surface area contributed by atoms with Gasteiger partial charge in [-0.25, -0.2) is 9.97 Å². The van der Waals surface area contributed by atoms with Crippen LogP contribution in [0.25, 0.3) is 11.4 Å². The zero-order chi connectivity index (χ0) is 14.0. The molecule has 1 aromatic heterocycles. The smallest absolute Gasteiger partial charge is 0.161 e. The summed E-state index contributed by atoms with van der Waals surface area (Å²) in [6.07, 6.45) is 0. The molecule has 0 saturated carbocycles. The summed E-state index contributed by atoms with van der Waals surface area (Å²) in [7, 11) is 0. The Bertz CT molecular complexity index is 619. The number of anilines is 1. The fourth-order valence-electron chi connectivity index (χ4n) is 1.62. The van der Waals surface area contributed by atoms with Crippen molar-refractivity contribution in [2.45, 2.75) is 13.8 Å². The fourth-order valence-corrected chi connectivity index (χ4v) is 2.12. The van der Waals surface area contributed by atoms with Gasteiger partial charge in [0.2, 0.25) is 0 Å². The van der Waals surface area contributed by atoms with Crippen molar-refractivity contribution in [1.82, 2.24) is 9.97 Å². The monoisotopic (exact) mass is 341 g/mol. The van der Waals surface area contributed by atoms with E-state index in [1.165, 1.54) is 6.07 Å². The van der Waals surface area contributed by atoms with E-state index in [1.807, 2.05) is 13.8 Å². The molecule has 1 aromatic carbocycles. The Morgan fingerprint density at radius 3 is 2.74 bits per heavy atom. The number of nitrogens with one attached hydrogen (secondary N) is 1. The van der Waals surface area contributed by atoms with Gasteiger partial charge in [0.05, 0.1) is 15.2 Å². The van der Waals surface area contributed by atoms with Gasteiger partial charge in [-0.1, -0.05) is 11.6 Å². The lowest BCUT2D eigenvalue weighted by Gasteiger charge is -2.10. The minimum Gasteiger partial charge on any atom is -0.506 e. The zero-order valence-electron chi connectivity index (χ0n) is 10.5. The molecule has 0 amide bonds. The molecular weight excluding hydrogens is 330 g/mol. The second-order valence-corrected chi connectivity index (χ2v) is 5.19. The third-order valence-corrected chi connectivity index (χ3v) is 3.82. The number of phenols is 1. The quantitative estimate of drug-likeness (QED) is 0.885. The van der Waals surface area contributed by atoms with Gasteiger partial charge in [0.15, 0.2) is 5.82 Å². The minimum absolute atomic E-state index is 0.0474. The van der Waals surface area contributed by atoms with Crippen LogP contribution in [0, 0.1) is 6.92 Å². The highest BCUT2D eigenvalue weighted by Crippen LogP contribution is 2.30. The van der Waals surface area contributed by atoms with E-state index in [0.717, 1.165) is 28.1 Å². The second kappa shape index (κ2) is 5.75. The fraction of sp³-hybridized carbons (Fsp3) is 0.231. The molecule has 0 saturated heterocycles. The summed E-state index contributed by atoms with van der Waals surface area (Å²) < 4.78 is 0.850. The maximum Gasteiger partial charge on any atom is 0.161 e. The van der Waals surface area contributed by atoms with Crippen LogP contribution in [0.3, 0.4) is 0 Å². The van der Waals surface area contributed by atoms with Crippen molar-refractivity contribution in [3.63, 3.8) is 0 Å². The van der Waals surface area contributed by atoms with E-state index in [9.17, 15) is 5.11 Å². The Balaban J connectivity index is 2.52. The van der Waals surface area contributed by atoms with Crippen LogP contribution in [-0.4, -0.2) is 21.6 Å². The molecule has 19 heavy (non-hydrogen) atoms. The number of aromatic nitrogens is 2. The molecule has 0 fully saturated rings. The Morgan fingerprint density at radius 1 is 1.37 bits per heavy atom. The first-order chi connectivity index (χ1) is 9.02. The maximum absolute atomic E-state index is 9.44. The van der Waals surface area contributed by atoms with Gasteiger partial charge in [0, 0.05) is 12.1 Å². The zero-order valence-corrected chi connectivity index (χ0v) is 12.9. The second-order valence-electron chi connectivity index (χ2n) is 3.99. The predicted molar refractivity (Wildman–Crippen MR) is 80.7 cm³/mol. The van der Waals surface area contributed by atoms with Crippen LogP contribution in [-0.2, 0) is 0 Å². The van der Waals surface area contributed by atoms with Crippen LogP contribution in [0.4, 0.5) is 5.82 Å². The molecule has 0 unspecified atom stereocenters. The molecule has 1 heterocycles. The van der Waals surface area contributed by atoms with Crippen molar-refractivity contribution in [3.8, 4) is 17.1 Å². The molecule has 2 rings (SSSR count). The van der Waals surface area contributed by atoms with Gasteiger partial charge in [-0.3, -0.25) is 0 Å². The third-order valence-electron chi connectivity index (χ3n) is 2.57. The minimum atomic E-state index is 0.0474. The normalized spacial score (nSPS) is 10.5. The van der Waals surface area contributed by atoms with Crippen LogP contribution >= 0.6 is 27.5 Å². The Hall–Kier alpha value is -1.33. The SMILES string of the molecule is CCNc1nc(-c2ccc(O)c(Cl)c2)nc(C)c1Br. The molecule has 0 aliphatic carbocycles. The molecule has 100 valence electrons. The largest absolute Gasteiger partial charge is 0.506 e. The average Bonchev–Trinajstić information content (AvgIpc) is 2.38. The van der Waals surface area contributed by atoms with Crippen molar-refractivity contribution >= 4 is 33.3 Å². The number of hydrogen-bond acceptors (Lipinski definition) is 4. The van der Waals surface area contributed by atoms with Crippen molar-refractivity contribution in [2.75, 3.05) is 11.9 Å². The summed E-state index contributed by atoms with van der Waals surface area (Å²) in [5, 5.41) is 12.9.